The van der Waals surface area contributed by atoms with E-state index in [0.717, 1.165) is 32.1 Å². The Morgan fingerprint density at radius 2 is 1.00 bits per heavy atom. The predicted molar refractivity (Wildman–Crippen MR) is 220 cm³/mol. The lowest BCUT2D eigenvalue weighted by Gasteiger charge is -2.24. The molecule has 0 spiro atoms. The van der Waals surface area contributed by atoms with Crippen LogP contribution in [0.4, 0.5) is 0 Å². The molecule has 2 unspecified atom stereocenters. The van der Waals surface area contributed by atoms with Gasteiger partial charge in [-0.15, -0.1) is 0 Å². The molecule has 0 radical (unpaired) electrons. The standard InChI is InChI=1S/C43H86NO7P/c1-6-8-10-12-14-16-18-20-22-23-24-26-28-30-32-34-36-43(45)51-42(41-50-52(46,47)49-39-37-44(3,4)5)40-48-38-35-33-31-29-27-25-21-19-17-15-13-11-9-7-2/h17,19,42H,6-16,18,20-41H2,1-5H3/p+1/b19-17-. The van der Waals surface area contributed by atoms with Crippen LogP contribution in [0, 0.1) is 0 Å². The summed E-state index contributed by atoms with van der Waals surface area (Å²) in [5, 5.41) is 0. The van der Waals surface area contributed by atoms with Crippen molar-refractivity contribution in [3.63, 3.8) is 0 Å². The van der Waals surface area contributed by atoms with Crippen molar-refractivity contribution in [2.45, 2.75) is 206 Å². The summed E-state index contributed by atoms with van der Waals surface area (Å²) < 4.78 is 35.0. The van der Waals surface area contributed by atoms with Gasteiger partial charge < -0.3 is 18.9 Å². The second-order valence-corrected chi connectivity index (χ2v) is 17.5. The van der Waals surface area contributed by atoms with Crippen LogP contribution >= 0.6 is 7.82 Å². The van der Waals surface area contributed by atoms with Crippen molar-refractivity contribution in [3.8, 4) is 0 Å². The third kappa shape index (κ3) is 40.4. The van der Waals surface area contributed by atoms with Crippen LogP contribution in [0.3, 0.4) is 0 Å². The molecule has 2 atom stereocenters. The second-order valence-electron chi connectivity index (χ2n) is 16.1. The highest BCUT2D eigenvalue weighted by atomic mass is 31.2. The fourth-order valence-electron chi connectivity index (χ4n) is 6.14. The number of likely N-dealkylation sites (N-methyl/N-ethyl adjacent to an activating group) is 1. The summed E-state index contributed by atoms with van der Waals surface area (Å²) in [7, 11) is 1.67. The van der Waals surface area contributed by atoms with Crippen LogP contribution in [-0.4, -0.2) is 75.6 Å². The molecule has 0 aliphatic rings. The van der Waals surface area contributed by atoms with Gasteiger partial charge in [0.1, 0.15) is 19.3 Å². The molecule has 0 aromatic carbocycles. The van der Waals surface area contributed by atoms with E-state index in [1.807, 2.05) is 21.1 Å². The lowest BCUT2D eigenvalue weighted by atomic mass is 10.0. The molecule has 310 valence electrons. The van der Waals surface area contributed by atoms with Crippen molar-refractivity contribution < 1.29 is 37.3 Å². The van der Waals surface area contributed by atoms with Gasteiger partial charge >= 0.3 is 13.8 Å². The molecule has 0 aromatic heterocycles. The maximum absolute atomic E-state index is 12.7. The number of carbonyl (C=O) groups is 1. The molecule has 8 nitrogen and oxygen atoms in total. The van der Waals surface area contributed by atoms with E-state index in [9.17, 15) is 14.3 Å². The van der Waals surface area contributed by atoms with Crippen LogP contribution in [-0.2, 0) is 27.9 Å². The molecule has 0 bridgehead atoms. The van der Waals surface area contributed by atoms with Crippen LogP contribution in [0.15, 0.2) is 12.2 Å². The van der Waals surface area contributed by atoms with Gasteiger partial charge in [-0.3, -0.25) is 13.8 Å². The molecule has 0 aliphatic carbocycles. The fourth-order valence-corrected chi connectivity index (χ4v) is 6.88. The Morgan fingerprint density at radius 1 is 0.577 bits per heavy atom. The average molecular weight is 761 g/mol. The summed E-state index contributed by atoms with van der Waals surface area (Å²) in [6.07, 6.45) is 39.5. The number of unbranched alkanes of at least 4 members (excludes halogenated alkanes) is 25. The maximum atomic E-state index is 12.7. The monoisotopic (exact) mass is 761 g/mol. The van der Waals surface area contributed by atoms with E-state index in [4.69, 9.17) is 18.5 Å². The third-order valence-electron chi connectivity index (χ3n) is 9.58. The van der Waals surface area contributed by atoms with Crippen molar-refractivity contribution in [3.05, 3.63) is 12.2 Å². The summed E-state index contributed by atoms with van der Waals surface area (Å²) in [5.74, 6) is -0.312. The Kier molecular flexibility index (Phi) is 36.6. The van der Waals surface area contributed by atoms with Gasteiger partial charge in [-0.1, -0.05) is 167 Å². The number of hydrogen-bond donors (Lipinski definition) is 1. The Morgan fingerprint density at radius 3 is 1.48 bits per heavy atom. The summed E-state index contributed by atoms with van der Waals surface area (Å²) in [4.78, 5) is 22.9. The Hall–Kier alpha value is -0.760. The van der Waals surface area contributed by atoms with Crippen LogP contribution in [0.2, 0.25) is 0 Å². The predicted octanol–water partition coefficient (Wildman–Crippen LogP) is 12.7. The molecule has 0 heterocycles. The first-order valence-corrected chi connectivity index (χ1v) is 23.4. The van der Waals surface area contributed by atoms with Crippen LogP contribution < -0.4 is 0 Å². The molecule has 0 fully saturated rings. The SMILES string of the molecule is CCCCCC/C=C\CCCCCCCCOCC(COP(=O)(O)OCC[N+](C)(C)C)OC(=O)CCCCCCCCCCCCCCCCCC. The smallest absolute Gasteiger partial charge is 0.457 e. The van der Waals surface area contributed by atoms with Gasteiger partial charge in [0.25, 0.3) is 0 Å². The van der Waals surface area contributed by atoms with Crippen LogP contribution in [0.1, 0.15) is 200 Å². The lowest BCUT2D eigenvalue weighted by molar-refractivity contribution is -0.870. The third-order valence-corrected chi connectivity index (χ3v) is 10.6. The van der Waals surface area contributed by atoms with Crippen molar-refractivity contribution in [1.29, 1.82) is 0 Å². The molecule has 52 heavy (non-hydrogen) atoms. The average Bonchev–Trinajstić information content (AvgIpc) is 3.09. The summed E-state index contributed by atoms with van der Waals surface area (Å²) in [6, 6.07) is 0. The van der Waals surface area contributed by atoms with Crippen molar-refractivity contribution >= 4 is 13.8 Å². The summed E-state index contributed by atoms with van der Waals surface area (Å²) in [5.41, 5.74) is 0. The minimum absolute atomic E-state index is 0.0906. The first-order chi connectivity index (χ1) is 25.1. The van der Waals surface area contributed by atoms with Gasteiger partial charge in [0.15, 0.2) is 0 Å². The van der Waals surface area contributed by atoms with E-state index in [1.54, 1.807) is 0 Å². The van der Waals surface area contributed by atoms with E-state index in [2.05, 4.69) is 26.0 Å². The van der Waals surface area contributed by atoms with E-state index in [-0.39, 0.29) is 25.8 Å². The maximum Gasteiger partial charge on any atom is 0.472 e. The minimum atomic E-state index is -4.27. The molecule has 0 saturated heterocycles. The summed E-state index contributed by atoms with van der Waals surface area (Å²) in [6.45, 7) is 5.63. The Bertz CT molecular complexity index is 848. The number of phosphoric ester groups is 1. The van der Waals surface area contributed by atoms with Gasteiger partial charge in [-0.2, -0.15) is 0 Å². The topological polar surface area (TPSA) is 91.3 Å². The van der Waals surface area contributed by atoms with Gasteiger partial charge in [-0.05, 0) is 38.5 Å². The van der Waals surface area contributed by atoms with E-state index in [0.29, 0.717) is 24.1 Å². The van der Waals surface area contributed by atoms with Crippen molar-refractivity contribution in [1.82, 2.24) is 0 Å². The highest BCUT2D eigenvalue weighted by Crippen LogP contribution is 2.43. The normalized spacial score (nSPS) is 13.9. The first-order valence-electron chi connectivity index (χ1n) is 21.9. The Balaban J connectivity index is 4.21. The molecular formula is C43H87NO7P+. The number of rotatable bonds is 41. The van der Waals surface area contributed by atoms with Gasteiger partial charge in [-0.25, -0.2) is 4.57 Å². The first kappa shape index (κ1) is 51.2. The summed E-state index contributed by atoms with van der Waals surface area (Å²) >= 11 is 0. The highest BCUT2D eigenvalue weighted by molar-refractivity contribution is 7.47. The van der Waals surface area contributed by atoms with Crippen molar-refractivity contribution in [2.24, 2.45) is 0 Å². The quantitative estimate of drug-likeness (QED) is 0.0218. The van der Waals surface area contributed by atoms with E-state index >= 15 is 0 Å². The number of carbonyl (C=O) groups excluding carboxylic acids is 1. The number of nitrogens with zero attached hydrogens (tertiary/aromatic N) is 1. The molecule has 9 heteroatoms. The molecule has 0 rings (SSSR count). The number of quaternary nitrogens is 1. The van der Waals surface area contributed by atoms with Gasteiger partial charge in [0, 0.05) is 13.0 Å². The number of phosphoric acid groups is 1. The van der Waals surface area contributed by atoms with E-state index in [1.165, 1.54) is 148 Å². The lowest BCUT2D eigenvalue weighted by Crippen LogP contribution is -2.37. The van der Waals surface area contributed by atoms with E-state index < -0.39 is 13.9 Å². The Labute approximate surface area is 322 Å². The zero-order valence-corrected chi connectivity index (χ0v) is 36.0. The van der Waals surface area contributed by atoms with Crippen LogP contribution in [0.25, 0.3) is 0 Å². The van der Waals surface area contributed by atoms with Gasteiger partial charge in [0.05, 0.1) is 34.4 Å². The zero-order valence-electron chi connectivity index (χ0n) is 35.1. The molecule has 1 N–H and O–H groups in total. The molecule has 0 aromatic rings. The largest absolute Gasteiger partial charge is 0.472 e. The number of esters is 1. The minimum Gasteiger partial charge on any atom is -0.457 e. The van der Waals surface area contributed by atoms with Crippen LogP contribution in [0.5, 0.6) is 0 Å². The number of allylic oxidation sites excluding steroid dienone is 2. The fraction of sp³-hybridized carbons (Fsp3) is 0.930. The molecular weight excluding hydrogens is 673 g/mol. The number of hydrogen-bond acceptors (Lipinski definition) is 6. The second kappa shape index (κ2) is 37.2. The van der Waals surface area contributed by atoms with Crippen molar-refractivity contribution in [2.75, 3.05) is 54.1 Å². The zero-order chi connectivity index (χ0) is 38.4. The molecule has 0 saturated carbocycles. The molecule has 0 aliphatic heterocycles. The van der Waals surface area contributed by atoms with Gasteiger partial charge in [0.2, 0.25) is 0 Å². The molecule has 0 amide bonds. The number of ether oxygens (including phenoxy) is 2. The highest BCUT2D eigenvalue weighted by Gasteiger charge is 2.26.